The van der Waals surface area contributed by atoms with Crippen molar-refractivity contribution in [3.05, 3.63) is 38.8 Å². The predicted octanol–water partition coefficient (Wildman–Crippen LogP) is 5.97. The highest BCUT2D eigenvalue weighted by Crippen LogP contribution is 2.40. The molecule has 0 bridgehead atoms. The van der Waals surface area contributed by atoms with Gasteiger partial charge in [0.25, 0.3) is 0 Å². The third kappa shape index (κ3) is 8.13. The van der Waals surface area contributed by atoms with Crippen LogP contribution in [0.15, 0.2) is 33.2 Å². The summed E-state index contributed by atoms with van der Waals surface area (Å²) in [5.74, 6) is 0.353. The summed E-state index contributed by atoms with van der Waals surface area (Å²) in [4.78, 5) is 23.0. The number of rotatable bonds is 11. The van der Waals surface area contributed by atoms with Gasteiger partial charge in [-0.15, -0.1) is 0 Å². The summed E-state index contributed by atoms with van der Waals surface area (Å²) < 4.78 is 17.6. The molecule has 0 N–H and O–H groups in total. The molecule has 0 unspecified atom stereocenters. The normalized spacial score (nSPS) is 11.3. The first-order valence-corrected chi connectivity index (χ1v) is 11.2. The number of hydrogen-bond donors (Lipinski definition) is 0. The van der Waals surface area contributed by atoms with Crippen LogP contribution in [-0.4, -0.2) is 31.8 Å². The lowest BCUT2D eigenvalue weighted by molar-refractivity contribution is -0.146. The summed E-state index contributed by atoms with van der Waals surface area (Å²) in [6.45, 7) is 14.4. The molecular weight excluding hydrogens is 504 g/mol. The molecule has 1 aromatic rings. The maximum Gasteiger partial charge on any atom is 0.333 e. The topological polar surface area (TPSA) is 61.8 Å². The Labute approximate surface area is 190 Å². The molecule has 0 aliphatic heterocycles. The minimum Gasteiger partial charge on any atom is -0.488 e. The van der Waals surface area contributed by atoms with Gasteiger partial charge in [-0.05, 0) is 74.2 Å². The van der Waals surface area contributed by atoms with Gasteiger partial charge in [0.1, 0.15) is 19.0 Å². The van der Waals surface area contributed by atoms with Crippen molar-refractivity contribution in [1.29, 1.82) is 0 Å². The molecule has 7 heteroatoms. The number of ether oxygens (including phenoxy) is 3. The van der Waals surface area contributed by atoms with Crippen molar-refractivity contribution in [2.45, 2.75) is 52.9 Å². The van der Waals surface area contributed by atoms with Crippen LogP contribution in [0.2, 0.25) is 0 Å². The van der Waals surface area contributed by atoms with E-state index in [0.29, 0.717) is 23.7 Å². The summed E-state index contributed by atoms with van der Waals surface area (Å²) in [6, 6.07) is 4.14. The first-order chi connectivity index (χ1) is 13.5. The minimum atomic E-state index is -0.453. The molecule has 5 nitrogen and oxygen atoms in total. The van der Waals surface area contributed by atoms with Crippen LogP contribution in [0.5, 0.6) is 5.75 Å². The fourth-order valence-electron chi connectivity index (χ4n) is 2.28. The first-order valence-electron chi connectivity index (χ1n) is 9.57. The van der Waals surface area contributed by atoms with Crippen molar-refractivity contribution in [2.24, 2.45) is 5.92 Å². The van der Waals surface area contributed by atoms with E-state index in [1.807, 2.05) is 0 Å². The predicted molar refractivity (Wildman–Crippen MR) is 121 cm³/mol. The van der Waals surface area contributed by atoms with Gasteiger partial charge in [0.05, 0.1) is 15.6 Å². The lowest BCUT2D eigenvalue weighted by atomic mass is 9.75. The molecule has 0 amide bonds. The van der Waals surface area contributed by atoms with Crippen LogP contribution in [-0.2, 0) is 24.5 Å². The van der Waals surface area contributed by atoms with Crippen LogP contribution in [0.4, 0.5) is 0 Å². The lowest BCUT2D eigenvalue weighted by Gasteiger charge is -2.30. The first kappa shape index (κ1) is 25.7. The number of carbonyl (C=O) groups is 2. The van der Waals surface area contributed by atoms with Gasteiger partial charge < -0.3 is 14.2 Å². The van der Waals surface area contributed by atoms with Crippen LogP contribution in [0.25, 0.3) is 0 Å². The molecule has 0 atom stereocenters. The molecule has 0 saturated heterocycles. The van der Waals surface area contributed by atoms with E-state index < -0.39 is 5.97 Å². The molecule has 1 rings (SSSR count). The van der Waals surface area contributed by atoms with Gasteiger partial charge in [0.2, 0.25) is 0 Å². The Morgan fingerprint density at radius 3 is 2.17 bits per heavy atom. The van der Waals surface area contributed by atoms with Crippen LogP contribution < -0.4 is 4.74 Å². The zero-order chi connectivity index (χ0) is 22.2. The van der Waals surface area contributed by atoms with E-state index in [9.17, 15) is 9.59 Å². The number of esters is 2. The Morgan fingerprint density at radius 1 is 1.07 bits per heavy atom. The van der Waals surface area contributed by atoms with E-state index >= 15 is 0 Å². The lowest BCUT2D eigenvalue weighted by Crippen LogP contribution is -2.24. The molecule has 0 aromatic heterocycles. The Kier molecular flexibility index (Phi) is 10.4. The molecule has 0 aliphatic rings. The van der Waals surface area contributed by atoms with Crippen molar-refractivity contribution in [2.75, 3.05) is 19.8 Å². The summed E-state index contributed by atoms with van der Waals surface area (Å²) in [5, 5.41) is 0. The van der Waals surface area contributed by atoms with E-state index in [1.165, 1.54) is 5.56 Å². The molecule has 0 fully saturated rings. The van der Waals surface area contributed by atoms with Gasteiger partial charge in [-0.2, -0.15) is 0 Å². The third-order valence-corrected chi connectivity index (χ3v) is 6.06. The smallest absolute Gasteiger partial charge is 0.333 e. The van der Waals surface area contributed by atoms with E-state index in [4.69, 9.17) is 14.2 Å². The molecule has 162 valence electrons. The van der Waals surface area contributed by atoms with Crippen molar-refractivity contribution in [3.63, 3.8) is 0 Å². The number of halogens is 2. The van der Waals surface area contributed by atoms with E-state index in [0.717, 1.165) is 8.95 Å². The standard InChI is InChI=1S/C22H30Br2O5/c1-14(2)21(26)29-9-7-8-19(25)27-10-11-28-20-17(23)12-16(13-18(20)24)22(5,6)15(3)4/h12-13,15H,1,7-11H2,2-6H3. The zero-order valence-electron chi connectivity index (χ0n) is 17.8. The van der Waals surface area contributed by atoms with Gasteiger partial charge in [-0.3, -0.25) is 4.79 Å². The van der Waals surface area contributed by atoms with Crippen LogP contribution in [0, 0.1) is 5.92 Å². The second kappa shape index (κ2) is 11.7. The largest absolute Gasteiger partial charge is 0.488 e. The zero-order valence-corrected chi connectivity index (χ0v) is 20.9. The summed E-state index contributed by atoms with van der Waals surface area (Å²) in [5.41, 5.74) is 1.57. The summed E-state index contributed by atoms with van der Waals surface area (Å²) in [7, 11) is 0. The van der Waals surface area contributed by atoms with Crippen LogP contribution in [0.3, 0.4) is 0 Å². The quantitative estimate of drug-likeness (QED) is 0.199. The van der Waals surface area contributed by atoms with Crippen molar-refractivity contribution < 1.29 is 23.8 Å². The Hall–Kier alpha value is -1.34. The highest BCUT2D eigenvalue weighted by molar-refractivity contribution is 9.11. The van der Waals surface area contributed by atoms with Gasteiger partial charge in [0.15, 0.2) is 0 Å². The fourth-order valence-corrected chi connectivity index (χ4v) is 3.69. The van der Waals surface area contributed by atoms with Gasteiger partial charge in [-0.1, -0.05) is 34.3 Å². The monoisotopic (exact) mass is 532 g/mol. The molecular formula is C22H30Br2O5. The van der Waals surface area contributed by atoms with E-state index in [2.05, 4.69) is 78.3 Å². The molecule has 1 aromatic carbocycles. The molecule has 29 heavy (non-hydrogen) atoms. The Bertz CT molecular complexity index is 718. The molecule has 0 radical (unpaired) electrons. The molecule has 0 heterocycles. The van der Waals surface area contributed by atoms with Crippen LogP contribution >= 0.6 is 31.9 Å². The summed E-state index contributed by atoms with van der Waals surface area (Å²) >= 11 is 7.15. The maximum atomic E-state index is 11.7. The number of benzene rings is 1. The summed E-state index contributed by atoms with van der Waals surface area (Å²) in [6.07, 6.45) is 0.582. The highest BCUT2D eigenvalue weighted by Gasteiger charge is 2.26. The number of carbonyl (C=O) groups excluding carboxylic acids is 2. The average Bonchev–Trinajstić information content (AvgIpc) is 2.63. The highest BCUT2D eigenvalue weighted by atomic mass is 79.9. The van der Waals surface area contributed by atoms with Crippen LogP contribution in [0.1, 0.15) is 53.0 Å². The third-order valence-electron chi connectivity index (χ3n) is 4.89. The fraction of sp³-hybridized carbons (Fsp3) is 0.545. The Balaban J connectivity index is 2.44. The minimum absolute atomic E-state index is 0.0256. The SMILES string of the molecule is C=C(C)C(=O)OCCCC(=O)OCCOc1c(Br)cc(C(C)(C)C(C)C)cc1Br. The Morgan fingerprint density at radius 2 is 1.66 bits per heavy atom. The van der Waals surface area contributed by atoms with Crippen molar-refractivity contribution >= 4 is 43.8 Å². The molecule has 0 spiro atoms. The van der Waals surface area contributed by atoms with Crippen molar-refractivity contribution in [3.8, 4) is 5.75 Å². The van der Waals surface area contributed by atoms with Crippen molar-refractivity contribution in [1.82, 2.24) is 0 Å². The maximum absolute atomic E-state index is 11.7. The molecule has 0 saturated carbocycles. The van der Waals surface area contributed by atoms with Gasteiger partial charge >= 0.3 is 11.9 Å². The van der Waals surface area contributed by atoms with E-state index in [1.54, 1.807) is 6.92 Å². The molecule has 0 aliphatic carbocycles. The second-order valence-electron chi connectivity index (χ2n) is 7.73. The second-order valence-corrected chi connectivity index (χ2v) is 9.44. The van der Waals surface area contributed by atoms with Gasteiger partial charge in [-0.25, -0.2) is 4.79 Å². The van der Waals surface area contributed by atoms with E-state index in [-0.39, 0.29) is 37.6 Å². The number of hydrogen-bond acceptors (Lipinski definition) is 5. The average molecular weight is 534 g/mol. The van der Waals surface area contributed by atoms with Gasteiger partial charge in [0, 0.05) is 12.0 Å².